The van der Waals surface area contributed by atoms with E-state index in [-0.39, 0.29) is 12.3 Å². The Balaban J connectivity index is 0.000000380. The third-order valence-corrected chi connectivity index (χ3v) is 4.41. The number of amides is 7. The van der Waals surface area contributed by atoms with Gasteiger partial charge in [0.1, 0.15) is 5.75 Å². The normalized spacial score (nSPS) is 9.82. The van der Waals surface area contributed by atoms with E-state index in [4.69, 9.17) is 10.9 Å². The smallest absolute Gasteiger partial charge is 0.350 e. The van der Waals surface area contributed by atoms with Crippen LogP contribution < -0.4 is 43.8 Å². The molecular formula is C23H36N10O5. The molecule has 2 aromatic carbocycles. The molecule has 10 N–H and O–H groups in total. The first-order valence-corrected chi connectivity index (χ1v) is 11.5. The first kappa shape index (κ1) is 31.4. The molecule has 0 radical (unpaired) electrons. The average molecular weight is 533 g/mol. The van der Waals surface area contributed by atoms with Crippen molar-refractivity contribution in [2.45, 2.75) is 26.9 Å². The van der Waals surface area contributed by atoms with Crippen LogP contribution in [0.2, 0.25) is 0 Å². The molecule has 0 aliphatic heterocycles. The Morgan fingerprint density at radius 2 is 1.53 bits per heavy atom. The van der Waals surface area contributed by atoms with Gasteiger partial charge in [0.05, 0.1) is 13.1 Å². The summed E-state index contributed by atoms with van der Waals surface area (Å²) in [6.07, 6.45) is 0.477. The van der Waals surface area contributed by atoms with Crippen LogP contribution in [0.4, 0.5) is 14.4 Å². The van der Waals surface area contributed by atoms with Gasteiger partial charge in [-0.15, -0.1) is 0 Å². The Bertz CT molecular complexity index is 992. The van der Waals surface area contributed by atoms with Crippen molar-refractivity contribution < 1.29 is 24.3 Å². The SMILES string of the molecule is CC(C)CNNC(=O)N(Cc1ccccc1)NC=O.CNNC(=O)NNC(=O)N(N)Cc1ccc(O)cc1. The summed E-state index contributed by atoms with van der Waals surface area (Å²) < 4.78 is 0. The molecule has 0 saturated heterocycles. The monoisotopic (exact) mass is 532 g/mol. The van der Waals surface area contributed by atoms with Crippen LogP contribution in [-0.4, -0.2) is 53.2 Å². The number of hydrazine groups is 5. The van der Waals surface area contributed by atoms with Gasteiger partial charge in [-0.25, -0.2) is 46.9 Å². The highest BCUT2D eigenvalue weighted by Gasteiger charge is 2.13. The average Bonchev–Trinajstić information content (AvgIpc) is 2.89. The van der Waals surface area contributed by atoms with Crippen LogP contribution >= 0.6 is 0 Å². The molecule has 0 heterocycles. The van der Waals surface area contributed by atoms with Crippen molar-refractivity contribution >= 4 is 24.5 Å². The Labute approximate surface area is 221 Å². The number of nitrogens with zero attached hydrogens (tertiary/aromatic N) is 2. The molecule has 0 unspecified atom stereocenters. The van der Waals surface area contributed by atoms with E-state index in [0.29, 0.717) is 25.4 Å². The summed E-state index contributed by atoms with van der Waals surface area (Å²) in [6, 6.07) is 13.9. The Hall–Kier alpha value is -4.60. The van der Waals surface area contributed by atoms with Crippen molar-refractivity contribution in [2.24, 2.45) is 11.8 Å². The largest absolute Gasteiger partial charge is 0.508 e. The molecule has 0 atom stereocenters. The lowest BCUT2D eigenvalue weighted by atomic mass is 10.2. The Kier molecular flexibility index (Phi) is 14.7. The maximum absolute atomic E-state index is 11.8. The first-order valence-electron chi connectivity index (χ1n) is 11.5. The highest BCUT2D eigenvalue weighted by Crippen LogP contribution is 2.10. The van der Waals surface area contributed by atoms with Crippen LogP contribution in [0, 0.1) is 5.92 Å². The van der Waals surface area contributed by atoms with E-state index < -0.39 is 18.1 Å². The van der Waals surface area contributed by atoms with Crippen molar-refractivity contribution in [3.05, 3.63) is 65.7 Å². The van der Waals surface area contributed by atoms with Gasteiger partial charge in [-0.1, -0.05) is 56.3 Å². The molecule has 0 spiro atoms. The molecule has 0 aliphatic rings. The molecular weight excluding hydrogens is 496 g/mol. The molecule has 15 nitrogen and oxygen atoms in total. The highest BCUT2D eigenvalue weighted by atomic mass is 16.3. The molecule has 2 aromatic rings. The second kappa shape index (κ2) is 17.8. The summed E-state index contributed by atoms with van der Waals surface area (Å²) in [4.78, 5) is 44.9. The molecule has 208 valence electrons. The van der Waals surface area contributed by atoms with Gasteiger partial charge >= 0.3 is 18.1 Å². The number of aromatic hydroxyl groups is 1. The molecule has 7 amide bonds. The summed E-state index contributed by atoms with van der Waals surface area (Å²) >= 11 is 0. The summed E-state index contributed by atoms with van der Waals surface area (Å²) in [5, 5.41) is 11.2. The van der Waals surface area contributed by atoms with Gasteiger partial charge in [0.2, 0.25) is 6.41 Å². The van der Waals surface area contributed by atoms with E-state index in [2.05, 4.69) is 38.0 Å². The van der Waals surface area contributed by atoms with Gasteiger partial charge in [0.15, 0.2) is 0 Å². The minimum absolute atomic E-state index is 0.126. The number of phenols is 1. The zero-order valence-electron chi connectivity index (χ0n) is 21.5. The third-order valence-electron chi connectivity index (χ3n) is 4.41. The first-order chi connectivity index (χ1) is 18.2. The van der Waals surface area contributed by atoms with Crippen LogP contribution in [0.15, 0.2) is 54.6 Å². The summed E-state index contributed by atoms with van der Waals surface area (Å²) in [5.74, 6) is 6.06. The number of phenolic OH excluding ortho intramolecular Hbond substituents is 1. The number of carbonyl (C=O) groups excluding carboxylic acids is 4. The molecule has 0 fully saturated rings. The number of nitrogens with one attached hydrogen (secondary N) is 7. The van der Waals surface area contributed by atoms with Crippen LogP contribution in [0.5, 0.6) is 5.75 Å². The van der Waals surface area contributed by atoms with Gasteiger partial charge in [0, 0.05) is 13.6 Å². The summed E-state index contributed by atoms with van der Waals surface area (Å²) in [6.45, 7) is 5.15. The second-order valence-electron chi connectivity index (χ2n) is 8.08. The molecule has 0 bridgehead atoms. The van der Waals surface area contributed by atoms with E-state index in [1.165, 1.54) is 24.2 Å². The number of rotatable bonds is 10. The zero-order valence-corrected chi connectivity index (χ0v) is 21.5. The Morgan fingerprint density at radius 1 is 0.895 bits per heavy atom. The molecule has 15 heteroatoms. The van der Waals surface area contributed by atoms with Gasteiger partial charge in [-0.05, 0) is 29.2 Å². The zero-order chi connectivity index (χ0) is 28.3. The second-order valence-corrected chi connectivity index (χ2v) is 8.08. The minimum Gasteiger partial charge on any atom is -0.508 e. The molecule has 0 aliphatic carbocycles. The van der Waals surface area contributed by atoms with Crippen LogP contribution in [0.3, 0.4) is 0 Å². The molecule has 0 aromatic heterocycles. The van der Waals surface area contributed by atoms with Gasteiger partial charge in [-0.3, -0.25) is 26.1 Å². The number of urea groups is 3. The van der Waals surface area contributed by atoms with Gasteiger partial charge in [-0.2, -0.15) is 0 Å². The lowest BCUT2D eigenvalue weighted by Gasteiger charge is -2.22. The van der Waals surface area contributed by atoms with Crippen LogP contribution in [-0.2, 0) is 17.9 Å². The number of nitrogens with two attached hydrogens (primary N) is 1. The Morgan fingerprint density at radius 3 is 2.11 bits per heavy atom. The molecule has 2 rings (SSSR count). The standard InChI is InChI=1S/C13H20N4O2.C10H16N6O3/c1-11(2)8-14-16-13(19)17(15-10-18)9-12-6-4-3-5-7-12;1-12-13-9(18)14-15-10(19)16(11)6-7-2-4-8(17)5-3-7/h3-7,10-11,14H,8-9H2,1-2H3,(H,15,18)(H,16,19);2-5,12,17H,6,11H2,1H3,(H,15,19)(H2,13,14,18). The van der Waals surface area contributed by atoms with Crippen molar-refractivity contribution in [1.29, 1.82) is 0 Å². The van der Waals surface area contributed by atoms with E-state index in [1.807, 2.05) is 44.2 Å². The van der Waals surface area contributed by atoms with Crippen molar-refractivity contribution in [3.8, 4) is 5.75 Å². The lowest BCUT2D eigenvalue weighted by Crippen LogP contribution is -2.55. The van der Waals surface area contributed by atoms with Crippen molar-refractivity contribution in [3.63, 3.8) is 0 Å². The fourth-order valence-corrected chi connectivity index (χ4v) is 2.60. The number of hydrogen-bond donors (Lipinski definition) is 9. The fourth-order valence-electron chi connectivity index (χ4n) is 2.60. The topological polar surface area (TPSA) is 205 Å². The summed E-state index contributed by atoms with van der Waals surface area (Å²) in [7, 11) is 1.50. The van der Waals surface area contributed by atoms with Crippen LogP contribution in [0.25, 0.3) is 0 Å². The van der Waals surface area contributed by atoms with E-state index in [0.717, 1.165) is 16.1 Å². The quantitative estimate of drug-likeness (QED) is 0.0889. The van der Waals surface area contributed by atoms with Crippen molar-refractivity contribution in [2.75, 3.05) is 13.6 Å². The summed E-state index contributed by atoms with van der Waals surface area (Å²) in [5.41, 5.74) is 18.1. The van der Waals surface area contributed by atoms with E-state index in [9.17, 15) is 19.2 Å². The number of carbonyl (C=O) groups is 4. The van der Waals surface area contributed by atoms with Gasteiger partial charge < -0.3 is 5.11 Å². The number of hydrogen-bond acceptors (Lipinski definition) is 8. The predicted octanol–water partition coefficient (Wildman–Crippen LogP) is 0.146. The van der Waals surface area contributed by atoms with E-state index in [1.54, 1.807) is 12.1 Å². The predicted molar refractivity (Wildman–Crippen MR) is 140 cm³/mol. The fraction of sp³-hybridized carbons (Fsp3) is 0.304. The van der Waals surface area contributed by atoms with Crippen LogP contribution in [0.1, 0.15) is 25.0 Å². The number of benzene rings is 2. The van der Waals surface area contributed by atoms with Gasteiger partial charge in [0.25, 0.3) is 0 Å². The van der Waals surface area contributed by atoms with E-state index >= 15 is 0 Å². The van der Waals surface area contributed by atoms with Crippen molar-refractivity contribution in [1.82, 2.24) is 48.0 Å². The maximum Gasteiger partial charge on any atom is 0.350 e. The highest BCUT2D eigenvalue weighted by molar-refractivity contribution is 5.79. The minimum atomic E-state index is -0.681. The molecule has 0 saturated carbocycles. The maximum atomic E-state index is 11.8. The lowest BCUT2D eigenvalue weighted by molar-refractivity contribution is -0.112. The molecule has 38 heavy (non-hydrogen) atoms. The third kappa shape index (κ3) is 13.5.